The lowest BCUT2D eigenvalue weighted by Gasteiger charge is -2.28. The SMILES string of the molecule is CCOC(=O)C(C(=O)NC(C)c1nccs1)C(C)(C)C. The van der Waals surface area contributed by atoms with E-state index in [2.05, 4.69) is 10.3 Å². The Bertz CT molecular complexity index is 451. The summed E-state index contributed by atoms with van der Waals surface area (Å²) >= 11 is 1.47. The lowest BCUT2D eigenvalue weighted by atomic mass is 9.80. The van der Waals surface area contributed by atoms with Gasteiger partial charge in [-0.05, 0) is 19.3 Å². The van der Waals surface area contributed by atoms with Gasteiger partial charge in [-0.1, -0.05) is 20.8 Å². The summed E-state index contributed by atoms with van der Waals surface area (Å²) in [5.41, 5.74) is -0.501. The average Bonchev–Trinajstić information content (AvgIpc) is 2.80. The second-order valence-electron chi connectivity index (χ2n) is 5.65. The van der Waals surface area contributed by atoms with Crippen LogP contribution in [0.15, 0.2) is 11.6 Å². The zero-order chi connectivity index (χ0) is 15.3. The third kappa shape index (κ3) is 4.30. The molecule has 0 aliphatic rings. The van der Waals surface area contributed by atoms with Crippen molar-refractivity contribution in [1.29, 1.82) is 0 Å². The maximum absolute atomic E-state index is 12.4. The maximum atomic E-state index is 12.4. The van der Waals surface area contributed by atoms with Gasteiger partial charge in [0.25, 0.3) is 0 Å². The normalized spacial score (nSPS) is 14.4. The van der Waals surface area contributed by atoms with Crippen molar-refractivity contribution < 1.29 is 14.3 Å². The molecule has 0 saturated heterocycles. The number of hydrogen-bond acceptors (Lipinski definition) is 5. The van der Waals surface area contributed by atoms with Gasteiger partial charge >= 0.3 is 5.97 Å². The first-order valence-electron chi connectivity index (χ1n) is 6.63. The van der Waals surface area contributed by atoms with Gasteiger partial charge in [0, 0.05) is 11.6 Å². The minimum Gasteiger partial charge on any atom is -0.465 e. The molecule has 20 heavy (non-hydrogen) atoms. The average molecular weight is 298 g/mol. The van der Waals surface area contributed by atoms with Crippen LogP contribution in [0.25, 0.3) is 0 Å². The minimum atomic E-state index is -0.829. The Kier molecular flexibility index (Phi) is 5.68. The van der Waals surface area contributed by atoms with Gasteiger partial charge in [-0.2, -0.15) is 0 Å². The molecule has 0 radical (unpaired) electrons. The molecule has 0 saturated carbocycles. The van der Waals surface area contributed by atoms with Gasteiger partial charge in [0.1, 0.15) is 10.9 Å². The Hall–Kier alpha value is -1.43. The number of nitrogens with one attached hydrogen (secondary N) is 1. The van der Waals surface area contributed by atoms with E-state index in [1.54, 1.807) is 13.1 Å². The number of amides is 1. The van der Waals surface area contributed by atoms with Crippen LogP contribution in [-0.4, -0.2) is 23.5 Å². The van der Waals surface area contributed by atoms with Gasteiger partial charge in [0.05, 0.1) is 12.6 Å². The van der Waals surface area contributed by atoms with Crippen LogP contribution in [0.1, 0.15) is 45.7 Å². The second-order valence-corrected chi connectivity index (χ2v) is 6.58. The molecule has 0 aliphatic carbocycles. The first-order chi connectivity index (χ1) is 9.27. The lowest BCUT2D eigenvalue weighted by Crippen LogP contribution is -2.44. The molecule has 0 aliphatic heterocycles. The van der Waals surface area contributed by atoms with E-state index in [0.717, 1.165) is 5.01 Å². The van der Waals surface area contributed by atoms with Crippen LogP contribution in [0, 0.1) is 11.3 Å². The van der Waals surface area contributed by atoms with Crippen LogP contribution in [0.3, 0.4) is 0 Å². The first-order valence-corrected chi connectivity index (χ1v) is 7.51. The number of thiazole rings is 1. The molecule has 2 atom stereocenters. The monoisotopic (exact) mass is 298 g/mol. The molecule has 1 heterocycles. The van der Waals surface area contributed by atoms with E-state index in [4.69, 9.17) is 4.74 Å². The number of carbonyl (C=O) groups is 2. The highest BCUT2D eigenvalue weighted by Crippen LogP contribution is 2.28. The molecule has 1 aromatic heterocycles. The summed E-state index contributed by atoms with van der Waals surface area (Å²) in [5.74, 6) is -1.63. The van der Waals surface area contributed by atoms with E-state index >= 15 is 0 Å². The molecule has 1 N–H and O–H groups in total. The van der Waals surface area contributed by atoms with E-state index in [1.807, 2.05) is 33.1 Å². The van der Waals surface area contributed by atoms with Crippen LogP contribution in [0.2, 0.25) is 0 Å². The van der Waals surface area contributed by atoms with E-state index in [0.29, 0.717) is 0 Å². The standard InChI is InChI=1S/C14H22N2O3S/c1-6-19-13(18)10(14(3,4)5)11(17)16-9(2)12-15-7-8-20-12/h7-10H,6H2,1-5H3,(H,16,17). The fraction of sp³-hybridized carbons (Fsp3) is 0.643. The molecule has 0 aromatic carbocycles. The van der Waals surface area contributed by atoms with Crippen LogP contribution in [-0.2, 0) is 14.3 Å². The molecule has 112 valence electrons. The minimum absolute atomic E-state index is 0.221. The highest BCUT2D eigenvalue weighted by Gasteiger charge is 2.39. The van der Waals surface area contributed by atoms with Crippen molar-refractivity contribution >= 4 is 23.2 Å². The van der Waals surface area contributed by atoms with Crippen LogP contribution >= 0.6 is 11.3 Å². The molecule has 1 aromatic rings. The summed E-state index contributed by atoms with van der Waals surface area (Å²) in [6, 6.07) is -0.221. The largest absolute Gasteiger partial charge is 0.465 e. The number of rotatable bonds is 5. The number of esters is 1. The van der Waals surface area contributed by atoms with Gasteiger partial charge in [-0.15, -0.1) is 11.3 Å². The van der Waals surface area contributed by atoms with Crippen molar-refractivity contribution in [3.8, 4) is 0 Å². The van der Waals surface area contributed by atoms with E-state index in [-0.39, 0.29) is 18.6 Å². The third-order valence-corrected chi connectivity index (χ3v) is 3.79. The third-order valence-electron chi connectivity index (χ3n) is 2.83. The Morgan fingerprint density at radius 1 is 1.45 bits per heavy atom. The molecule has 1 amide bonds. The molecule has 0 fully saturated rings. The Labute approximate surface area is 123 Å². The Morgan fingerprint density at radius 2 is 2.10 bits per heavy atom. The predicted molar refractivity (Wildman–Crippen MR) is 78.2 cm³/mol. The van der Waals surface area contributed by atoms with Gasteiger partial charge in [-0.25, -0.2) is 4.98 Å². The summed E-state index contributed by atoms with van der Waals surface area (Å²) in [7, 11) is 0. The molecule has 5 nitrogen and oxygen atoms in total. The molecule has 1 rings (SSSR count). The smallest absolute Gasteiger partial charge is 0.319 e. The molecular formula is C14H22N2O3S. The van der Waals surface area contributed by atoms with Crippen molar-refractivity contribution in [2.24, 2.45) is 11.3 Å². The van der Waals surface area contributed by atoms with Crippen molar-refractivity contribution in [3.05, 3.63) is 16.6 Å². The predicted octanol–water partition coefficient (Wildman–Crippen LogP) is 2.55. The lowest BCUT2D eigenvalue weighted by molar-refractivity contribution is -0.156. The van der Waals surface area contributed by atoms with Crippen LogP contribution < -0.4 is 5.32 Å². The van der Waals surface area contributed by atoms with Crippen molar-refractivity contribution in [2.75, 3.05) is 6.61 Å². The molecule has 2 unspecified atom stereocenters. The summed E-state index contributed by atoms with van der Waals surface area (Å²) < 4.78 is 5.01. The van der Waals surface area contributed by atoms with E-state index in [9.17, 15) is 9.59 Å². The highest BCUT2D eigenvalue weighted by molar-refractivity contribution is 7.09. The van der Waals surface area contributed by atoms with Gasteiger partial charge in [-0.3, -0.25) is 9.59 Å². The van der Waals surface area contributed by atoms with Crippen molar-refractivity contribution in [2.45, 2.75) is 40.7 Å². The quantitative estimate of drug-likeness (QED) is 0.670. The van der Waals surface area contributed by atoms with Crippen molar-refractivity contribution in [3.63, 3.8) is 0 Å². The number of nitrogens with zero attached hydrogens (tertiary/aromatic N) is 1. The topological polar surface area (TPSA) is 68.3 Å². The van der Waals surface area contributed by atoms with Gasteiger partial charge in [0.2, 0.25) is 5.91 Å². The van der Waals surface area contributed by atoms with E-state index < -0.39 is 17.3 Å². The molecule has 0 bridgehead atoms. The number of carbonyl (C=O) groups excluding carboxylic acids is 2. The number of ether oxygens (including phenoxy) is 1. The van der Waals surface area contributed by atoms with Gasteiger partial charge in [0.15, 0.2) is 0 Å². The Morgan fingerprint density at radius 3 is 2.55 bits per heavy atom. The van der Waals surface area contributed by atoms with E-state index in [1.165, 1.54) is 11.3 Å². The fourth-order valence-electron chi connectivity index (χ4n) is 1.89. The van der Waals surface area contributed by atoms with Crippen LogP contribution in [0.5, 0.6) is 0 Å². The molecule has 0 spiro atoms. The zero-order valence-corrected chi connectivity index (χ0v) is 13.4. The van der Waals surface area contributed by atoms with Crippen LogP contribution in [0.4, 0.5) is 0 Å². The summed E-state index contributed by atoms with van der Waals surface area (Å²) in [6.45, 7) is 9.39. The maximum Gasteiger partial charge on any atom is 0.319 e. The van der Waals surface area contributed by atoms with Gasteiger partial charge < -0.3 is 10.1 Å². The van der Waals surface area contributed by atoms with Crippen molar-refractivity contribution in [1.82, 2.24) is 10.3 Å². The highest BCUT2D eigenvalue weighted by atomic mass is 32.1. The summed E-state index contributed by atoms with van der Waals surface area (Å²) in [6.07, 6.45) is 1.69. The first kappa shape index (κ1) is 16.6. The second kappa shape index (κ2) is 6.83. The zero-order valence-electron chi connectivity index (χ0n) is 12.6. The summed E-state index contributed by atoms with van der Waals surface area (Å²) in [5, 5.41) is 5.50. The number of hydrogen-bond donors (Lipinski definition) is 1. The molecule has 6 heteroatoms. The number of aromatic nitrogens is 1. The molecular weight excluding hydrogens is 276 g/mol. The Balaban J connectivity index is 2.81. The summed E-state index contributed by atoms with van der Waals surface area (Å²) in [4.78, 5) is 28.5. The fourth-order valence-corrected chi connectivity index (χ4v) is 2.53.